The van der Waals surface area contributed by atoms with Crippen LogP contribution in [0.5, 0.6) is 11.5 Å². The van der Waals surface area contributed by atoms with Crippen molar-refractivity contribution in [2.45, 2.75) is 6.54 Å². The molecule has 0 aliphatic carbocycles. The molecular formula is C13H18N2O3. The maximum Gasteiger partial charge on any atom is 0.231 e. The average Bonchev–Trinajstić information content (AvgIpc) is 2.87. The summed E-state index contributed by atoms with van der Waals surface area (Å²) in [7, 11) is 0. The highest BCUT2D eigenvalue weighted by molar-refractivity contribution is 5.44. The number of aliphatic hydroxyl groups is 1. The second-order valence-corrected chi connectivity index (χ2v) is 4.72. The molecule has 0 spiro atoms. The number of fused-ring (bicyclic) bond motifs is 1. The molecule has 5 heteroatoms. The molecule has 2 aliphatic heterocycles. The van der Waals surface area contributed by atoms with Crippen molar-refractivity contribution in [3.63, 3.8) is 0 Å². The number of piperazine rings is 1. The van der Waals surface area contributed by atoms with Crippen molar-refractivity contribution in [3.05, 3.63) is 23.8 Å². The number of aliphatic hydroxyl groups excluding tert-OH is 1. The van der Waals surface area contributed by atoms with E-state index in [2.05, 4.69) is 21.9 Å². The molecule has 0 bridgehead atoms. The van der Waals surface area contributed by atoms with Crippen LogP contribution < -0.4 is 9.47 Å². The summed E-state index contributed by atoms with van der Waals surface area (Å²) in [5, 5.41) is 9.05. The number of benzene rings is 1. The molecule has 1 aromatic carbocycles. The quantitative estimate of drug-likeness (QED) is 0.845. The lowest BCUT2D eigenvalue weighted by Crippen LogP contribution is -2.46. The van der Waals surface area contributed by atoms with Crippen LogP contribution in [0.1, 0.15) is 5.56 Å². The number of rotatable bonds is 3. The average molecular weight is 250 g/mol. The number of nitrogens with zero attached hydrogens (tertiary/aromatic N) is 2. The fraction of sp³-hybridized carbons (Fsp3) is 0.538. The third-order valence-corrected chi connectivity index (χ3v) is 3.51. The van der Waals surface area contributed by atoms with E-state index in [-0.39, 0.29) is 6.73 Å². The summed E-state index contributed by atoms with van der Waals surface area (Å²) in [4.78, 5) is 4.44. The summed E-state index contributed by atoms with van der Waals surface area (Å²) in [6.07, 6.45) is 0. The molecule has 1 aromatic rings. The molecule has 2 aliphatic rings. The van der Waals surface area contributed by atoms with Gasteiger partial charge in [0.1, 0.15) is 0 Å². The fourth-order valence-corrected chi connectivity index (χ4v) is 2.39. The Morgan fingerprint density at radius 2 is 1.72 bits per heavy atom. The highest BCUT2D eigenvalue weighted by Gasteiger charge is 2.18. The molecule has 0 radical (unpaired) electrons. The van der Waals surface area contributed by atoms with E-state index >= 15 is 0 Å². The third-order valence-electron chi connectivity index (χ3n) is 3.51. The zero-order chi connectivity index (χ0) is 12.4. The van der Waals surface area contributed by atoms with Gasteiger partial charge in [0.05, 0.1) is 6.73 Å². The van der Waals surface area contributed by atoms with Gasteiger partial charge in [-0.25, -0.2) is 0 Å². The largest absolute Gasteiger partial charge is 0.454 e. The Bertz CT molecular complexity index is 417. The fourth-order valence-electron chi connectivity index (χ4n) is 2.39. The maximum atomic E-state index is 9.05. The zero-order valence-electron chi connectivity index (χ0n) is 10.3. The second-order valence-electron chi connectivity index (χ2n) is 4.72. The van der Waals surface area contributed by atoms with E-state index in [0.717, 1.165) is 44.2 Å². The molecule has 1 saturated heterocycles. The van der Waals surface area contributed by atoms with E-state index in [1.165, 1.54) is 5.56 Å². The first-order chi connectivity index (χ1) is 8.85. The van der Waals surface area contributed by atoms with Crippen molar-refractivity contribution < 1.29 is 14.6 Å². The lowest BCUT2D eigenvalue weighted by atomic mass is 10.1. The third kappa shape index (κ3) is 2.43. The van der Waals surface area contributed by atoms with Crippen LogP contribution in [-0.4, -0.2) is 54.6 Å². The van der Waals surface area contributed by atoms with Crippen molar-refractivity contribution in [3.8, 4) is 11.5 Å². The summed E-state index contributed by atoms with van der Waals surface area (Å²) in [6, 6.07) is 6.12. The van der Waals surface area contributed by atoms with E-state index in [0.29, 0.717) is 6.79 Å². The van der Waals surface area contributed by atoms with Gasteiger partial charge in [-0.15, -0.1) is 0 Å². The molecule has 2 heterocycles. The summed E-state index contributed by atoms with van der Waals surface area (Å²) < 4.78 is 10.7. The van der Waals surface area contributed by atoms with Crippen LogP contribution in [0.4, 0.5) is 0 Å². The Labute approximate surface area is 107 Å². The first kappa shape index (κ1) is 11.8. The monoisotopic (exact) mass is 250 g/mol. The van der Waals surface area contributed by atoms with Gasteiger partial charge in [0.25, 0.3) is 0 Å². The van der Waals surface area contributed by atoms with Crippen molar-refractivity contribution in [1.82, 2.24) is 9.80 Å². The van der Waals surface area contributed by atoms with Crippen molar-refractivity contribution in [1.29, 1.82) is 0 Å². The molecule has 5 nitrogen and oxygen atoms in total. The number of hydrogen-bond donors (Lipinski definition) is 1. The molecule has 1 N–H and O–H groups in total. The van der Waals surface area contributed by atoms with Crippen LogP contribution >= 0.6 is 0 Å². The molecule has 0 atom stereocenters. The predicted octanol–water partition coefficient (Wildman–Crippen LogP) is 0.483. The van der Waals surface area contributed by atoms with Crippen molar-refractivity contribution >= 4 is 0 Å². The van der Waals surface area contributed by atoms with E-state index in [1.54, 1.807) is 0 Å². The van der Waals surface area contributed by atoms with Crippen LogP contribution in [0.25, 0.3) is 0 Å². The highest BCUT2D eigenvalue weighted by atomic mass is 16.7. The Hall–Kier alpha value is -1.30. The van der Waals surface area contributed by atoms with Gasteiger partial charge in [0.2, 0.25) is 6.79 Å². The Kier molecular flexibility index (Phi) is 3.36. The summed E-state index contributed by atoms with van der Waals surface area (Å²) in [6.45, 7) is 5.27. The van der Waals surface area contributed by atoms with E-state index in [4.69, 9.17) is 14.6 Å². The van der Waals surface area contributed by atoms with Gasteiger partial charge in [-0.2, -0.15) is 0 Å². The van der Waals surface area contributed by atoms with Gasteiger partial charge in [-0.1, -0.05) is 6.07 Å². The van der Waals surface area contributed by atoms with Crippen LogP contribution in [0, 0.1) is 0 Å². The van der Waals surface area contributed by atoms with Gasteiger partial charge in [-0.3, -0.25) is 9.80 Å². The minimum atomic E-state index is 0.165. The number of ether oxygens (including phenoxy) is 2. The first-order valence-corrected chi connectivity index (χ1v) is 6.29. The maximum absolute atomic E-state index is 9.05. The van der Waals surface area contributed by atoms with Crippen LogP contribution in [0.15, 0.2) is 18.2 Å². The molecule has 18 heavy (non-hydrogen) atoms. The SMILES string of the molecule is OCN1CCN(Cc2ccc3c(c2)OCO3)CC1. The Morgan fingerprint density at radius 1 is 1.00 bits per heavy atom. The normalized spacial score (nSPS) is 20.3. The summed E-state index contributed by atoms with van der Waals surface area (Å²) in [5.41, 5.74) is 1.25. The lowest BCUT2D eigenvalue weighted by Gasteiger charge is -2.33. The van der Waals surface area contributed by atoms with Crippen LogP contribution in [0.3, 0.4) is 0 Å². The molecule has 0 unspecified atom stereocenters. The standard InChI is InChI=1S/C13H18N2O3/c16-9-15-5-3-14(4-6-15)8-11-1-2-12-13(7-11)18-10-17-12/h1-2,7,16H,3-6,8-10H2. The second kappa shape index (κ2) is 5.14. The molecule has 0 aromatic heterocycles. The molecule has 3 rings (SSSR count). The van der Waals surface area contributed by atoms with E-state index in [1.807, 2.05) is 6.07 Å². The minimum absolute atomic E-state index is 0.165. The van der Waals surface area contributed by atoms with Crippen LogP contribution in [-0.2, 0) is 6.54 Å². The molecular weight excluding hydrogens is 232 g/mol. The zero-order valence-corrected chi connectivity index (χ0v) is 10.3. The lowest BCUT2D eigenvalue weighted by molar-refractivity contribution is 0.0518. The van der Waals surface area contributed by atoms with Crippen LogP contribution in [0.2, 0.25) is 0 Å². The van der Waals surface area contributed by atoms with Gasteiger partial charge in [0, 0.05) is 32.7 Å². The topological polar surface area (TPSA) is 45.2 Å². The molecule has 1 fully saturated rings. The van der Waals surface area contributed by atoms with Crippen molar-refractivity contribution in [2.75, 3.05) is 39.7 Å². The van der Waals surface area contributed by atoms with E-state index < -0.39 is 0 Å². The van der Waals surface area contributed by atoms with Gasteiger partial charge >= 0.3 is 0 Å². The molecule has 0 saturated carbocycles. The van der Waals surface area contributed by atoms with Crippen molar-refractivity contribution in [2.24, 2.45) is 0 Å². The Balaban J connectivity index is 1.60. The molecule has 98 valence electrons. The highest BCUT2D eigenvalue weighted by Crippen LogP contribution is 2.32. The Morgan fingerprint density at radius 3 is 2.50 bits per heavy atom. The predicted molar refractivity (Wildman–Crippen MR) is 66.5 cm³/mol. The van der Waals surface area contributed by atoms with Gasteiger partial charge in [-0.05, 0) is 17.7 Å². The van der Waals surface area contributed by atoms with Gasteiger partial charge in [0.15, 0.2) is 11.5 Å². The first-order valence-electron chi connectivity index (χ1n) is 6.29. The minimum Gasteiger partial charge on any atom is -0.454 e. The number of hydrogen-bond acceptors (Lipinski definition) is 5. The van der Waals surface area contributed by atoms with Gasteiger partial charge < -0.3 is 14.6 Å². The summed E-state index contributed by atoms with van der Waals surface area (Å²) in [5.74, 6) is 1.69. The summed E-state index contributed by atoms with van der Waals surface area (Å²) >= 11 is 0. The molecule has 0 amide bonds. The van der Waals surface area contributed by atoms with E-state index in [9.17, 15) is 0 Å². The smallest absolute Gasteiger partial charge is 0.231 e.